The third-order valence-corrected chi connectivity index (χ3v) is 14.6. The first-order valence-electron chi connectivity index (χ1n) is 14.1. The molecule has 14 unspecified atom stereocenters. The topological polar surface area (TPSA) is 9.23 Å². The normalized spacial score (nSPS) is 21.4. The van der Waals surface area contributed by atoms with Gasteiger partial charge in [-0.05, 0) is 12.3 Å². The van der Waals surface area contributed by atoms with Crippen LogP contribution in [0, 0.1) is 5.92 Å². The fourth-order valence-electron chi connectivity index (χ4n) is 2.88. The van der Waals surface area contributed by atoms with Crippen molar-refractivity contribution in [2.45, 2.75) is 151 Å². The van der Waals surface area contributed by atoms with Crippen LogP contribution in [0.3, 0.4) is 0 Å². The Morgan fingerprint density at radius 2 is 0.595 bits per heavy atom. The Labute approximate surface area is 327 Å². The number of unbranched alkanes of at least 4 members (excludes halogenated alkanes) is 1. The van der Waals surface area contributed by atoms with E-state index in [-0.39, 0.29) is 5.92 Å². The van der Waals surface area contributed by atoms with E-state index < -0.39 is 75.5 Å². The van der Waals surface area contributed by atoms with Gasteiger partial charge in [0.2, 0.25) is 0 Å². The van der Waals surface area contributed by atoms with Crippen LogP contribution in [0.1, 0.15) is 75.2 Å². The monoisotopic (exact) mass is 878 g/mol. The van der Waals surface area contributed by atoms with E-state index in [9.17, 15) is 0 Å². The van der Waals surface area contributed by atoms with Crippen LogP contribution in [-0.2, 0) is 4.74 Å². The second kappa shape index (κ2) is 31.0. The maximum absolute atomic E-state index is 6.53. The van der Waals surface area contributed by atoms with Gasteiger partial charge in [-0.15, -0.1) is 151 Å². The summed E-state index contributed by atoms with van der Waals surface area (Å²) in [6, 6.07) is 0. The maximum Gasteiger partial charge on any atom is 0.148 e. The van der Waals surface area contributed by atoms with Crippen molar-refractivity contribution in [3.05, 3.63) is 0 Å². The first-order valence-corrected chi connectivity index (χ1v) is 20.2. The molecule has 0 aromatic heterocycles. The molecule has 0 rings (SSSR count). The third-order valence-electron chi connectivity index (χ3n) is 5.31. The van der Waals surface area contributed by atoms with Gasteiger partial charge in [-0.1, -0.05) is 80.3 Å². The van der Waals surface area contributed by atoms with Crippen LogP contribution in [0.25, 0.3) is 0 Å². The highest BCUT2D eigenvalue weighted by Gasteiger charge is 2.45. The van der Waals surface area contributed by atoms with Crippen molar-refractivity contribution < 1.29 is 4.74 Å². The van der Waals surface area contributed by atoms with Crippen molar-refractivity contribution in [3.8, 4) is 0 Å². The van der Waals surface area contributed by atoms with Crippen LogP contribution in [0.4, 0.5) is 0 Å². The molecule has 0 fully saturated rings. The van der Waals surface area contributed by atoms with E-state index in [0.717, 1.165) is 12.8 Å². The highest BCUT2D eigenvalue weighted by Crippen LogP contribution is 2.39. The summed E-state index contributed by atoms with van der Waals surface area (Å²) in [6.45, 7) is 18.3. The first-order chi connectivity index (χ1) is 19.5. The van der Waals surface area contributed by atoms with Gasteiger partial charge in [0, 0.05) is 6.61 Å². The molecule has 0 aliphatic carbocycles. The predicted molar refractivity (Wildman–Crippen MR) is 205 cm³/mol. The standard InChI is InChI=1S/C21H30Cl14O.3C2H6/c1-4-5-6-36-21(35)20(34)19(33)18(32)17(31)16(30)15(29)14(28)13(27)12(26)11(25)10(24)9(23)8(22)7(2)3;3*1-2/h7-21H,4-6H2,1-3H3;3*1-2H3. The molecule has 0 aliphatic rings. The van der Waals surface area contributed by atoms with Crippen LogP contribution >= 0.6 is 162 Å². The van der Waals surface area contributed by atoms with Gasteiger partial charge in [0.15, 0.2) is 0 Å². The van der Waals surface area contributed by atoms with Crippen LogP contribution in [0.2, 0.25) is 0 Å². The average molecular weight is 885 g/mol. The molecule has 0 aromatic carbocycles. The lowest BCUT2D eigenvalue weighted by Gasteiger charge is -2.35. The molecule has 260 valence electrons. The van der Waals surface area contributed by atoms with Crippen molar-refractivity contribution in [1.82, 2.24) is 0 Å². The zero-order chi connectivity index (χ0) is 34.5. The molecule has 0 heterocycles. The Morgan fingerprint density at radius 1 is 0.381 bits per heavy atom. The van der Waals surface area contributed by atoms with Gasteiger partial charge in [0.05, 0.1) is 69.9 Å². The van der Waals surface area contributed by atoms with Crippen LogP contribution in [0.15, 0.2) is 0 Å². The lowest BCUT2D eigenvalue weighted by Crippen LogP contribution is -2.49. The molecule has 0 saturated carbocycles. The zero-order valence-electron chi connectivity index (χ0n) is 25.5. The van der Waals surface area contributed by atoms with E-state index in [1.165, 1.54) is 0 Å². The highest BCUT2D eigenvalue weighted by atomic mass is 35.5. The van der Waals surface area contributed by atoms with Gasteiger partial charge >= 0.3 is 0 Å². The van der Waals surface area contributed by atoms with Gasteiger partial charge in [-0.2, -0.15) is 0 Å². The summed E-state index contributed by atoms with van der Waals surface area (Å²) in [5.74, 6) is 0.0596. The summed E-state index contributed by atoms with van der Waals surface area (Å²) in [5, 5.41) is -11.4. The highest BCUT2D eigenvalue weighted by molar-refractivity contribution is 6.45. The van der Waals surface area contributed by atoms with Gasteiger partial charge in [-0.3, -0.25) is 0 Å². The lowest BCUT2D eigenvalue weighted by molar-refractivity contribution is 0.101. The molecule has 1 nitrogen and oxygen atoms in total. The molecule has 0 bridgehead atoms. The number of hydrogen-bond acceptors (Lipinski definition) is 1. The van der Waals surface area contributed by atoms with Crippen molar-refractivity contribution >= 4 is 162 Å². The summed E-state index contributed by atoms with van der Waals surface area (Å²) >= 11 is 90.2. The average Bonchev–Trinajstić information content (AvgIpc) is 3.02. The summed E-state index contributed by atoms with van der Waals surface area (Å²) in [5.41, 5.74) is -0.880. The predicted octanol–water partition coefficient (Wildman–Crippen LogP) is 14.0. The van der Waals surface area contributed by atoms with Crippen LogP contribution in [-0.4, -0.2) is 82.1 Å². The minimum atomic E-state index is -0.994. The summed E-state index contributed by atoms with van der Waals surface area (Å²) in [6.07, 6.45) is 1.76. The summed E-state index contributed by atoms with van der Waals surface area (Å²) < 4.78 is 5.48. The van der Waals surface area contributed by atoms with E-state index in [1.54, 1.807) is 0 Å². The molecule has 0 saturated heterocycles. The molecule has 0 spiro atoms. The minimum absolute atomic E-state index is 0.0596. The third kappa shape index (κ3) is 19.3. The quantitative estimate of drug-likeness (QED) is 0.0984. The zero-order valence-corrected chi connectivity index (χ0v) is 36.1. The molecule has 15 heteroatoms. The maximum atomic E-state index is 6.53. The molecule has 0 N–H and O–H groups in total. The molecular formula is C27H48Cl14O. The largest absolute Gasteiger partial charge is 0.361 e. The Kier molecular flexibility index (Phi) is 39.0. The fourth-order valence-corrected chi connectivity index (χ4v) is 7.96. The molecule has 0 aliphatic heterocycles. The molecule has 14 atom stereocenters. The van der Waals surface area contributed by atoms with E-state index in [4.69, 9.17) is 167 Å². The summed E-state index contributed by atoms with van der Waals surface area (Å²) in [4.78, 5) is 0. The van der Waals surface area contributed by atoms with Gasteiger partial charge in [0.25, 0.3) is 0 Å². The number of halogens is 14. The van der Waals surface area contributed by atoms with Crippen LogP contribution in [0.5, 0.6) is 0 Å². The molecule has 0 amide bonds. The van der Waals surface area contributed by atoms with Crippen molar-refractivity contribution in [1.29, 1.82) is 0 Å². The number of rotatable bonds is 18. The molecule has 42 heavy (non-hydrogen) atoms. The molecule has 0 radical (unpaired) electrons. The second-order valence-electron chi connectivity index (χ2n) is 8.60. The van der Waals surface area contributed by atoms with E-state index in [2.05, 4.69) is 0 Å². The summed E-state index contributed by atoms with van der Waals surface area (Å²) in [7, 11) is 0. The van der Waals surface area contributed by atoms with Crippen molar-refractivity contribution in [2.75, 3.05) is 6.61 Å². The van der Waals surface area contributed by atoms with Crippen LogP contribution < -0.4 is 0 Å². The van der Waals surface area contributed by atoms with E-state index in [1.807, 2.05) is 62.3 Å². The SMILES string of the molecule is CC.CC.CC.CCCCOC(Cl)C(Cl)C(Cl)C(Cl)C(Cl)C(Cl)C(Cl)C(Cl)C(Cl)C(Cl)C(Cl)C(Cl)C(Cl)C(Cl)C(C)C. The molecule has 0 aromatic rings. The van der Waals surface area contributed by atoms with E-state index in [0.29, 0.717) is 6.61 Å². The first kappa shape index (κ1) is 52.8. The van der Waals surface area contributed by atoms with E-state index >= 15 is 0 Å². The Bertz CT molecular complexity index is 593. The Balaban J connectivity index is -0.00000112. The molecular weight excluding hydrogens is 837 g/mol. The number of hydrogen-bond donors (Lipinski definition) is 0. The van der Waals surface area contributed by atoms with Gasteiger partial charge < -0.3 is 4.74 Å². The fraction of sp³-hybridized carbons (Fsp3) is 1.00. The van der Waals surface area contributed by atoms with Crippen molar-refractivity contribution in [2.24, 2.45) is 5.92 Å². The Hall–Kier alpha value is 4.02. The van der Waals surface area contributed by atoms with Gasteiger partial charge in [0.1, 0.15) is 5.56 Å². The van der Waals surface area contributed by atoms with Gasteiger partial charge in [-0.25, -0.2) is 0 Å². The lowest BCUT2D eigenvalue weighted by atomic mass is 9.99. The minimum Gasteiger partial charge on any atom is -0.361 e. The number of alkyl halides is 14. The number of ether oxygens (including phenoxy) is 1. The Morgan fingerprint density at radius 3 is 0.810 bits per heavy atom. The van der Waals surface area contributed by atoms with Crippen molar-refractivity contribution in [3.63, 3.8) is 0 Å². The smallest absolute Gasteiger partial charge is 0.148 e. The second-order valence-corrected chi connectivity index (χ2v) is 15.6.